The van der Waals surface area contributed by atoms with Crippen molar-refractivity contribution >= 4 is 33.2 Å². The van der Waals surface area contributed by atoms with Gasteiger partial charge >= 0.3 is 5.97 Å². The van der Waals surface area contributed by atoms with Crippen molar-refractivity contribution in [2.45, 2.75) is 13.5 Å². The fraction of sp³-hybridized carbons (Fsp3) is 0.111. The molecule has 7 nitrogen and oxygen atoms in total. The molecule has 0 radical (unpaired) electrons. The number of pyridine rings is 1. The highest BCUT2D eigenvalue weighted by Gasteiger charge is 2.14. The number of fused-ring (bicyclic) bond motifs is 2. The maximum atomic E-state index is 12.5. The highest BCUT2D eigenvalue weighted by Crippen LogP contribution is 2.16. The molecule has 4 rings (SSSR count). The maximum Gasteiger partial charge on any atom is 0.339 e. The monoisotopic (exact) mass is 367 g/mol. The first-order valence-corrected chi connectivity index (χ1v) is 8.67. The molecule has 8 heteroatoms. The van der Waals surface area contributed by atoms with Crippen LogP contribution in [0.4, 0.5) is 0 Å². The van der Waals surface area contributed by atoms with Crippen LogP contribution in [0.2, 0.25) is 0 Å². The number of H-pyrrole nitrogens is 1. The van der Waals surface area contributed by atoms with Crippen LogP contribution >= 0.6 is 11.3 Å². The van der Waals surface area contributed by atoms with Crippen LogP contribution in [0.1, 0.15) is 21.7 Å². The molecule has 130 valence electrons. The molecule has 0 amide bonds. The van der Waals surface area contributed by atoms with Gasteiger partial charge in [0.1, 0.15) is 6.61 Å². The number of rotatable bonds is 3. The maximum absolute atomic E-state index is 12.5. The molecule has 26 heavy (non-hydrogen) atoms. The SMILES string of the molecule is Cc1csc2nc(COC(=O)c3cc(=O)[nH]c4ccccc34)cc(=O)n12. The minimum atomic E-state index is -0.642. The van der Waals surface area contributed by atoms with Crippen LogP contribution in [0.25, 0.3) is 15.9 Å². The molecule has 0 bridgehead atoms. The van der Waals surface area contributed by atoms with Crippen LogP contribution in [0.3, 0.4) is 0 Å². The van der Waals surface area contributed by atoms with Crippen molar-refractivity contribution in [3.8, 4) is 0 Å². The van der Waals surface area contributed by atoms with E-state index in [1.54, 1.807) is 24.3 Å². The summed E-state index contributed by atoms with van der Waals surface area (Å²) in [6.07, 6.45) is 0. The van der Waals surface area contributed by atoms with Crippen LogP contribution < -0.4 is 11.1 Å². The van der Waals surface area contributed by atoms with E-state index in [1.165, 1.54) is 27.9 Å². The number of nitrogens with one attached hydrogen (secondary N) is 1. The predicted octanol–water partition coefficient (Wildman–Crippen LogP) is 2.26. The number of aromatic nitrogens is 3. The first-order valence-electron chi connectivity index (χ1n) is 7.79. The number of thiazole rings is 1. The normalized spacial score (nSPS) is 11.1. The Kier molecular flexibility index (Phi) is 3.89. The Balaban J connectivity index is 1.64. The highest BCUT2D eigenvalue weighted by atomic mass is 32.1. The lowest BCUT2D eigenvalue weighted by atomic mass is 10.1. The van der Waals surface area contributed by atoms with Crippen molar-refractivity contribution in [2.24, 2.45) is 0 Å². The zero-order valence-corrected chi connectivity index (χ0v) is 14.5. The Morgan fingerprint density at radius 1 is 1.27 bits per heavy atom. The van der Waals surface area contributed by atoms with E-state index in [-0.39, 0.29) is 23.3 Å². The predicted molar refractivity (Wildman–Crippen MR) is 97.8 cm³/mol. The van der Waals surface area contributed by atoms with Gasteiger partial charge in [-0.2, -0.15) is 0 Å². The molecule has 3 aromatic heterocycles. The van der Waals surface area contributed by atoms with Crippen molar-refractivity contribution in [1.29, 1.82) is 0 Å². The number of carbonyl (C=O) groups excluding carboxylic acids is 1. The molecule has 0 saturated heterocycles. The van der Waals surface area contributed by atoms with Crippen molar-refractivity contribution in [3.05, 3.63) is 79.4 Å². The number of ether oxygens (including phenoxy) is 1. The highest BCUT2D eigenvalue weighted by molar-refractivity contribution is 7.15. The molecular formula is C18H13N3O4S. The largest absolute Gasteiger partial charge is 0.456 e. The summed E-state index contributed by atoms with van der Waals surface area (Å²) in [5.74, 6) is -0.642. The van der Waals surface area contributed by atoms with Crippen molar-refractivity contribution in [1.82, 2.24) is 14.4 Å². The van der Waals surface area contributed by atoms with Gasteiger partial charge in [0.05, 0.1) is 11.3 Å². The fourth-order valence-corrected chi connectivity index (χ4v) is 3.66. The molecule has 3 heterocycles. The van der Waals surface area contributed by atoms with E-state index < -0.39 is 5.97 Å². The molecule has 0 aliphatic carbocycles. The second-order valence-electron chi connectivity index (χ2n) is 5.75. The van der Waals surface area contributed by atoms with E-state index in [0.29, 0.717) is 21.6 Å². The molecule has 1 aromatic carbocycles. The second kappa shape index (κ2) is 6.23. The van der Waals surface area contributed by atoms with Gasteiger partial charge in [-0.05, 0) is 13.0 Å². The van der Waals surface area contributed by atoms with E-state index in [4.69, 9.17) is 4.74 Å². The zero-order valence-electron chi connectivity index (χ0n) is 13.7. The Hall–Kier alpha value is -3.26. The average molecular weight is 367 g/mol. The summed E-state index contributed by atoms with van der Waals surface area (Å²) >= 11 is 1.34. The number of nitrogens with zero attached hydrogens (tertiary/aromatic N) is 2. The average Bonchev–Trinajstić information content (AvgIpc) is 3.00. The van der Waals surface area contributed by atoms with Gasteiger partial charge in [-0.3, -0.25) is 14.0 Å². The van der Waals surface area contributed by atoms with E-state index in [2.05, 4.69) is 9.97 Å². The van der Waals surface area contributed by atoms with E-state index >= 15 is 0 Å². The van der Waals surface area contributed by atoms with Crippen LogP contribution in [-0.4, -0.2) is 20.3 Å². The van der Waals surface area contributed by atoms with Gasteiger partial charge in [0, 0.05) is 34.1 Å². The number of esters is 1. The fourth-order valence-electron chi connectivity index (χ4n) is 2.77. The van der Waals surface area contributed by atoms with Crippen molar-refractivity contribution < 1.29 is 9.53 Å². The number of carbonyl (C=O) groups is 1. The standard InChI is InChI=1S/C18H13N3O4S/c1-10-9-26-18-19-11(6-16(23)21(10)18)8-25-17(24)13-7-15(22)20-14-5-3-2-4-12(13)14/h2-7,9H,8H2,1H3,(H,20,22). The summed E-state index contributed by atoms with van der Waals surface area (Å²) < 4.78 is 6.79. The number of para-hydroxylation sites is 1. The van der Waals surface area contributed by atoms with Crippen LogP contribution in [0.5, 0.6) is 0 Å². The Bertz CT molecular complexity index is 1270. The van der Waals surface area contributed by atoms with E-state index in [1.807, 2.05) is 12.3 Å². The lowest BCUT2D eigenvalue weighted by Gasteiger charge is -2.07. The smallest absolute Gasteiger partial charge is 0.339 e. The third-order valence-electron chi connectivity index (χ3n) is 3.95. The summed E-state index contributed by atoms with van der Waals surface area (Å²) in [4.78, 5) is 43.9. The van der Waals surface area contributed by atoms with E-state index in [9.17, 15) is 14.4 Å². The molecular weight excluding hydrogens is 354 g/mol. The molecule has 0 atom stereocenters. The number of hydrogen-bond acceptors (Lipinski definition) is 6. The lowest BCUT2D eigenvalue weighted by Crippen LogP contribution is -2.17. The quantitative estimate of drug-likeness (QED) is 0.561. The Morgan fingerprint density at radius 3 is 2.92 bits per heavy atom. The molecule has 4 aromatic rings. The van der Waals surface area contributed by atoms with Crippen LogP contribution in [-0.2, 0) is 11.3 Å². The van der Waals surface area contributed by atoms with Gasteiger partial charge < -0.3 is 9.72 Å². The topological polar surface area (TPSA) is 93.5 Å². The second-order valence-corrected chi connectivity index (χ2v) is 6.59. The lowest BCUT2D eigenvalue weighted by molar-refractivity contribution is 0.0470. The van der Waals surface area contributed by atoms with E-state index in [0.717, 1.165) is 5.69 Å². The minimum Gasteiger partial charge on any atom is -0.456 e. The molecule has 0 saturated carbocycles. The molecule has 0 aliphatic rings. The Labute approximate surface area is 150 Å². The number of benzene rings is 1. The van der Waals surface area contributed by atoms with Gasteiger partial charge in [0.25, 0.3) is 5.56 Å². The number of aromatic amines is 1. The zero-order chi connectivity index (χ0) is 18.3. The molecule has 0 aliphatic heterocycles. The molecule has 0 unspecified atom stereocenters. The third-order valence-corrected chi connectivity index (χ3v) is 4.89. The molecule has 1 N–H and O–H groups in total. The van der Waals surface area contributed by atoms with Crippen molar-refractivity contribution in [2.75, 3.05) is 0 Å². The van der Waals surface area contributed by atoms with Crippen molar-refractivity contribution in [3.63, 3.8) is 0 Å². The first kappa shape index (κ1) is 16.2. The minimum absolute atomic E-state index is 0.150. The summed E-state index contributed by atoms with van der Waals surface area (Å²) in [6, 6.07) is 9.53. The Morgan fingerprint density at radius 2 is 2.08 bits per heavy atom. The summed E-state index contributed by atoms with van der Waals surface area (Å²) in [5, 5.41) is 2.43. The van der Waals surface area contributed by atoms with Gasteiger partial charge in [-0.25, -0.2) is 9.78 Å². The van der Waals surface area contributed by atoms with Gasteiger partial charge in [-0.1, -0.05) is 18.2 Å². The summed E-state index contributed by atoms with van der Waals surface area (Å²) in [6.45, 7) is 1.67. The van der Waals surface area contributed by atoms with Gasteiger partial charge in [-0.15, -0.1) is 11.3 Å². The summed E-state index contributed by atoms with van der Waals surface area (Å²) in [5.41, 5.74) is 1.29. The van der Waals surface area contributed by atoms with Gasteiger partial charge in [0.15, 0.2) is 4.96 Å². The van der Waals surface area contributed by atoms with Crippen LogP contribution in [0.15, 0.2) is 51.4 Å². The van der Waals surface area contributed by atoms with Crippen LogP contribution in [0, 0.1) is 6.92 Å². The third kappa shape index (κ3) is 2.80. The first-order chi connectivity index (χ1) is 12.5. The number of hydrogen-bond donors (Lipinski definition) is 1. The summed E-state index contributed by atoms with van der Waals surface area (Å²) in [7, 11) is 0. The molecule has 0 spiro atoms. The van der Waals surface area contributed by atoms with Gasteiger partial charge in [0.2, 0.25) is 5.56 Å². The molecule has 0 fully saturated rings. The number of aryl methyl sites for hydroxylation is 1.